The molecule has 16 heavy (non-hydrogen) atoms. The monoisotopic (exact) mass is 283 g/mol. The van der Waals surface area contributed by atoms with Gasteiger partial charge in [0.15, 0.2) is 0 Å². The Morgan fingerprint density at radius 2 is 2.25 bits per heavy atom. The first-order valence-electron chi connectivity index (χ1n) is 5.57. The van der Waals surface area contributed by atoms with Gasteiger partial charge in [0.25, 0.3) is 0 Å². The Kier molecular flexibility index (Phi) is 2.65. The number of fused-ring (bicyclic) bond motifs is 1. The molecule has 1 aromatic rings. The summed E-state index contributed by atoms with van der Waals surface area (Å²) in [7, 11) is 0. The third kappa shape index (κ3) is 1.85. The molecule has 2 aliphatic rings. The van der Waals surface area contributed by atoms with Crippen LogP contribution in [0.4, 0.5) is 0 Å². The van der Waals surface area contributed by atoms with Gasteiger partial charge in [0.2, 0.25) is 0 Å². The lowest BCUT2D eigenvalue weighted by molar-refractivity contribution is -0.00323. The van der Waals surface area contributed by atoms with Gasteiger partial charge in [0.05, 0.1) is 12.7 Å². The largest absolute Gasteiger partial charge is 0.493 e. The second-order valence-corrected chi connectivity index (χ2v) is 5.42. The first-order valence-corrected chi connectivity index (χ1v) is 6.36. The summed E-state index contributed by atoms with van der Waals surface area (Å²) in [4.78, 5) is 2.23. The Balaban J connectivity index is 1.83. The number of nitrogens with zero attached hydrogens (tertiary/aromatic N) is 1. The van der Waals surface area contributed by atoms with Crippen LogP contribution < -0.4 is 4.74 Å². The lowest BCUT2D eigenvalue weighted by atomic mass is 10.1. The molecule has 0 spiro atoms. The molecule has 0 atom stereocenters. The van der Waals surface area contributed by atoms with E-state index in [9.17, 15) is 5.11 Å². The molecule has 1 saturated heterocycles. The van der Waals surface area contributed by atoms with Crippen molar-refractivity contribution in [3.05, 3.63) is 27.7 Å². The van der Waals surface area contributed by atoms with E-state index < -0.39 is 0 Å². The highest BCUT2D eigenvalue weighted by Gasteiger charge is 2.26. The normalized spacial score (nSPS) is 20.4. The third-order valence-corrected chi connectivity index (χ3v) is 3.62. The van der Waals surface area contributed by atoms with Gasteiger partial charge in [-0.25, -0.2) is 0 Å². The molecule has 3 rings (SSSR count). The third-order valence-electron chi connectivity index (χ3n) is 3.16. The van der Waals surface area contributed by atoms with Crippen LogP contribution in [-0.4, -0.2) is 35.8 Å². The average Bonchev–Trinajstić information content (AvgIpc) is 2.62. The molecule has 86 valence electrons. The number of likely N-dealkylation sites (tertiary alicyclic amines) is 1. The zero-order valence-corrected chi connectivity index (χ0v) is 10.5. The van der Waals surface area contributed by atoms with Crippen molar-refractivity contribution in [1.29, 1.82) is 0 Å². The Hall–Kier alpha value is -0.580. The SMILES string of the molecule is OC1CN(Cc2cc(Br)cc3c2OCC3)C1. The molecule has 0 unspecified atom stereocenters. The van der Waals surface area contributed by atoms with Gasteiger partial charge in [-0.05, 0) is 17.7 Å². The van der Waals surface area contributed by atoms with E-state index in [1.54, 1.807) is 0 Å². The van der Waals surface area contributed by atoms with Crippen LogP contribution in [0.25, 0.3) is 0 Å². The van der Waals surface area contributed by atoms with Gasteiger partial charge in [0.1, 0.15) is 5.75 Å². The maximum Gasteiger partial charge on any atom is 0.127 e. The number of hydrogen-bond donors (Lipinski definition) is 1. The van der Waals surface area contributed by atoms with Crippen LogP contribution in [-0.2, 0) is 13.0 Å². The van der Waals surface area contributed by atoms with E-state index in [2.05, 4.69) is 33.0 Å². The highest BCUT2D eigenvalue weighted by molar-refractivity contribution is 9.10. The lowest BCUT2D eigenvalue weighted by Gasteiger charge is -2.36. The fourth-order valence-corrected chi connectivity index (χ4v) is 2.93. The van der Waals surface area contributed by atoms with Gasteiger partial charge in [-0.2, -0.15) is 0 Å². The molecular weight excluding hydrogens is 270 g/mol. The van der Waals surface area contributed by atoms with Crippen LogP contribution in [0.2, 0.25) is 0 Å². The Morgan fingerprint density at radius 1 is 1.44 bits per heavy atom. The highest BCUT2D eigenvalue weighted by Crippen LogP contribution is 2.34. The second-order valence-electron chi connectivity index (χ2n) is 4.50. The molecule has 2 heterocycles. The smallest absolute Gasteiger partial charge is 0.127 e. The first kappa shape index (κ1) is 10.6. The summed E-state index contributed by atoms with van der Waals surface area (Å²) < 4.78 is 6.79. The molecule has 1 N–H and O–H groups in total. The molecule has 3 nitrogen and oxygen atoms in total. The molecule has 1 fully saturated rings. The number of rotatable bonds is 2. The minimum absolute atomic E-state index is 0.138. The molecule has 0 aliphatic carbocycles. The van der Waals surface area contributed by atoms with Crippen LogP contribution in [0, 0.1) is 0 Å². The van der Waals surface area contributed by atoms with Crippen molar-refractivity contribution >= 4 is 15.9 Å². The molecule has 4 heteroatoms. The van der Waals surface area contributed by atoms with Gasteiger partial charge in [-0.3, -0.25) is 4.90 Å². The maximum absolute atomic E-state index is 9.26. The lowest BCUT2D eigenvalue weighted by Crippen LogP contribution is -2.49. The highest BCUT2D eigenvalue weighted by atomic mass is 79.9. The predicted octanol–water partition coefficient (Wildman–Crippen LogP) is 1.56. The van der Waals surface area contributed by atoms with Gasteiger partial charge < -0.3 is 9.84 Å². The van der Waals surface area contributed by atoms with E-state index in [-0.39, 0.29) is 6.10 Å². The molecule has 0 saturated carbocycles. The average molecular weight is 284 g/mol. The number of aliphatic hydroxyl groups excluding tert-OH is 1. The molecule has 0 radical (unpaired) electrons. The van der Waals surface area contributed by atoms with Crippen molar-refractivity contribution in [2.75, 3.05) is 19.7 Å². The van der Waals surface area contributed by atoms with Gasteiger partial charge in [-0.15, -0.1) is 0 Å². The summed E-state index contributed by atoms with van der Waals surface area (Å²) in [6.45, 7) is 3.23. The summed E-state index contributed by atoms with van der Waals surface area (Å²) in [5.41, 5.74) is 2.53. The molecule has 2 aliphatic heterocycles. The van der Waals surface area contributed by atoms with Crippen LogP contribution in [0.15, 0.2) is 16.6 Å². The standard InChI is InChI=1S/C12H14BrNO2/c13-10-3-8-1-2-16-12(8)9(4-10)5-14-6-11(15)7-14/h3-4,11,15H,1-2,5-7H2. The van der Waals surface area contributed by atoms with E-state index in [0.717, 1.165) is 42.9 Å². The molecule has 1 aromatic carbocycles. The zero-order chi connectivity index (χ0) is 11.1. The van der Waals surface area contributed by atoms with Crippen molar-refractivity contribution in [2.24, 2.45) is 0 Å². The molecule has 0 bridgehead atoms. The molecule has 0 aromatic heterocycles. The van der Waals surface area contributed by atoms with Gasteiger partial charge in [-0.1, -0.05) is 15.9 Å². The Labute approximate surface area is 103 Å². The Morgan fingerprint density at radius 3 is 3.00 bits per heavy atom. The van der Waals surface area contributed by atoms with E-state index in [1.807, 2.05) is 0 Å². The van der Waals surface area contributed by atoms with Gasteiger partial charge in [0, 0.05) is 36.1 Å². The zero-order valence-electron chi connectivity index (χ0n) is 8.95. The number of hydrogen-bond acceptors (Lipinski definition) is 3. The summed E-state index contributed by atoms with van der Waals surface area (Å²) >= 11 is 3.53. The topological polar surface area (TPSA) is 32.7 Å². The number of β-amino-alcohol motifs (C(OH)–C–C–N with tert-alkyl or cyclic N) is 1. The summed E-state index contributed by atoms with van der Waals surface area (Å²) in [5.74, 6) is 1.06. The van der Waals surface area contributed by atoms with E-state index >= 15 is 0 Å². The Bertz CT molecular complexity index is 416. The van der Waals surface area contributed by atoms with Crippen LogP contribution in [0.3, 0.4) is 0 Å². The first-order chi connectivity index (χ1) is 7.72. The van der Waals surface area contributed by atoms with Crippen molar-refractivity contribution in [2.45, 2.75) is 19.1 Å². The summed E-state index contributed by atoms with van der Waals surface area (Å²) in [6, 6.07) is 4.26. The number of ether oxygens (including phenoxy) is 1. The van der Waals surface area contributed by atoms with Crippen molar-refractivity contribution < 1.29 is 9.84 Å². The van der Waals surface area contributed by atoms with E-state index in [4.69, 9.17) is 4.74 Å². The van der Waals surface area contributed by atoms with Crippen molar-refractivity contribution in [3.8, 4) is 5.75 Å². The second kappa shape index (κ2) is 4.02. The number of benzene rings is 1. The minimum Gasteiger partial charge on any atom is -0.493 e. The van der Waals surface area contributed by atoms with Gasteiger partial charge >= 0.3 is 0 Å². The van der Waals surface area contributed by atoms with E-state index in [0.29, 0.717) is 0 Å². The van der Waals surface area contributed by atoms with Crippen LogP contribution in [0.1, 0.15) is 11.1 Å². The fourth-order valence-electron chi connectivity index (χ4n) is 2.38. The minimum atomic E-state index is -0.138. The predicted molar refractivity (Wildman–Crippen MR) is 64.6 cm³/mol. The van der Waals surface area contributed by atoms with Crippen molar-refractivity contribution in [1.82, 2.24) is 4.90 Å². The summed E-state index contributed by atoms with van der Waals surface area (Å²) in [5, 5.41) is 9.26. The van der Waals surface area contributed by atoms with Crippen molar-refractivity contribution in [3.63, 3.8) is 0 Å². The fraction of sp³-hybridized carbons (Fsp3) is 0.500. The number of aliphatic hydroxyl groups is 1. The number of halogens is 1. The summed E-state index contributed by atoms with van der Waals surface area (Å²) in [6.07, 6.45) is 0.867. The van der Waals surface area contributed by atoms with E-state index in [1.165, 1.54) is 11.1 Å². The van der Waals surface area contributed by atoms with Crippen LogP contribution in [0.5, 0.6) is 5.75 Å². The molecule has 0 amide bonds. The van der Waals surface area contributed by atoms with Crippen LogP contribution >= 0.6 is 15.9 Å². The maximum atomic E-state index is 9.26. The quantitative estimate of drug-likeness (QED) is 0.894. The molecular formula is C12H14BrNO2.